The normalized spacial score (nSPS) is 13.5. The van der Waals surface area contributed by atoms with E-state index in [1.165, 1.54) is 22.9 Å². The number of aromatic nitrogens is 3. The topological polar surface area (TPSA) is 51.0 Å². The average molecular weight is 399 g/mol. The number of carbonyl (C=O) groups is 1. The van der Waals surface area contributed by atoms with E-state index >= 15 is 0 Å². The standard InChI is InChI=1S/C20H19ClN4OS/c1-24-19(15-6-8-17(21)9-7-15)22-23-20(24)27-13-18(26)25-11-10-14-4-2-3-5-16(14)12-25/h2-9H,10-13H2,1H3. The van der Waals surface area contributed by atoms with Crippen LogP contribution in [0.1, 0.15) is 11.1 Å². The zero-order chi connectivity index (χ0) is 18.8. The van der Waals surface area contributed by atoms with Gasteiger partial charge in [-0.25, -0.2) is 0 Å². The van der Waals surface area contributed by atoms with Crippen LogP contribution in [0.15, 0.2) is 53.7 Å². The van der Waals surface area contributed by atoms with Gasteiger partial charge in [-0.1, -0.05) is 47.6 Å². The summed E-state index contributed by atoms with van der Waals surface area (Å²) in [7, 11) is 1.91. The van der Waals surface area contributed by atoms with Crippen molar-refractivity contribution in [1.82, 2.24) is 19.7 Å². The predicted octanol–water partition coefficient (Wildman–Crippen LogP) is 3.81. The molecule has 0 aliphatic carbocycles. The fourth-order valence-corrected chi connectivity index (χ4v) is 4.16. The van der Waals surface area contributed by atoms with Crippen LogP contribution in [-0.2, 0) is 24.8 Å². The van der Waals surface area contributed by atoms with E-state index in [-0.39, 0.29) is 5.91 Å². The van der Waals surface area contributed by atoms with Crippen LogP contribution < -0.4 is 0 Å². The Morgan fingerprint density at radius 1 is 1.11 bits per heavy atom. The van der Waals surface area contributed by atoms with Crippen LogP contribution in [0.25, 0.3) is 11.4 Å². The van der Waals surface area contributed by atoms with Gasteiger partial charge in [-0.15, -0.1) is 10.2 Å². The third-order valence-electron chi connectivity index (χ3n) is 4.75. The molecule has 0 unspecified atom stereocenters. The van der Waals surface area contributed by atoms with E-state index in [1.54, 1.807) is 0 Å². The number of fused-ring (bicyclic) bond motifs is 1. The van der Waals surface area contributed by atoms with Gasteiger partial charge in [-0.3, -0.25) is 4.79 Å². The molecule has 0 saturated heterocycles. The zero-order valence-electron chi connectivity index (χ0n) is 14.9. The van der Waals surface area contributed by atoms with Gasteiger partial charge >= 0.3 is 0 Å². The fourth-order valence-electron chi connectivity index (χ4n) is 3.22. The lowest BCUT2D eigenvalue weighted by atomic mass is 10.00. The molecule has 0 bridgehead atoms. The summed E-state index contributed by atoms with van der Waals surface area (Å²) in [5.74, 6) is 1.24. The highest BCUT2D eigenvalue weighted by atomic mass is 35.5. The highest BCUT2D eigenvalue weighted by Crippen LogP contribution is 2.25. The second-order valence-corrected chi connectivity index (χ2v) is 7.87. The Morgan fingerprint density at radius 2 is 1.85 bits per heavy atom. The molecule has 3 aromatic rings. The molecule has 7 heteroatoms. The molecule has 138 valence electrons. The van der Waals surface area contributed by atoms with E-state index in [9.17, 15) is 4.79 Å². The Labute approximate surface area is 167 Å². The lowest BCUT2D eigenvalue weighted by molar-refractivity contribution is -0.129. The van der Waals surface area contributed by atoms with E-state index < -0.39 is 0 Å². The van der Waals surface area contributed by atoms with Crippen LogP contribution in [0, 0.1) is 0 Å². The minimum absolute atomic E-state index is 0.130. The number of carbonyl (C=O) groups excluding carboxylic acids is 1. The Morgan fingerprint density at radius 3 is 2.63 bits per heavy atom. The molecule has 0 spiro atoms. The Bertz CT molecular complexity index is 970. The van der Waals surface area contributed by atoms with Gasteiger partial charge in [-0.2, -0.15) is 0 Å². The second-order valence-electron chi connectivity index (χ2n) is 6.49. The Balaban J connectivity index is 1.41. The van der Waals surface area contributed by atoms with E-state index in [0.29, 0.717) is 17.3 Å². The Hall–Kier alpha value is -2.31. The van der Waals surface area contributed by atoms with Crippen molar-refractivity contribution < 1.29 is 4.79 Å². The summed E-state index contributed by atoms with van der Waals surface area (Å²) in [6, 6.07) is 15.8. The van der Waals surface area contributed by atoms with Gasteiger partial charge < -0.3 is 9.47 Å². The molecule has 0 radical (unpaired) electrons. The van der Waals surface area contributed by atoms with Crippen LogP contribution in [0.3, 0.4) is 0 Å². The monoisotopic (exact) mass is 398 g/mol. The molecular weight excluding hydrogens is 380 g/mol. The Kier molecular flexibility index (Phi) is 5.18. The van der Waals surface area contributed by atoms with E-state index in [4.69, 9.17) is 11.6 Å². The van der Waals surface area contributed by atoms with E-state index in [1.807, 2.05) is 46.8 Å². The van der Waals surface area contributed by atoms with Gasteiger partial charge in [0.25, 0.3) is 0 Å². The molecule has 4 rings (SSSR count). The molecule has 1 aromatic heterocycles. The summed E-state index contributed by atoms with van der Waals surface area (Å²) in [5.41, 5.74) is 3.53. The summed E-state index contributed by atoms with van der Waals surface area (Å²) in [6.07, 6.45) is 0.914. The number of hydrogen-bond acceptors (Lipinski definition) is 4. The minimum atomic E-state index is 0.130. The lowest BCUT2D eigenvalue weighted by Crippen LogP contribution is -2.37. The maximum atomic E-state index is 12.6. The van der Waals surface area contributed by atoms with Crippen molar-refractivity contribution in [2.45, 2.75) is 18.1 Å². The summed E-state index contributed by atoms with van der Waals surface area (Å²) in [4.78, 5) is 14.6. The van der Waals surface area contributed by atoms with Crippen LogP contribution in [-0.4, -0.2) is 37.9 Å². The average Bonchev–Trinajstić information content (AvgIpc) is 3.07. The molecule has 0 N–H and O–H groups in total. The van der Waals surface area contributed by atoms with Crippen LogP contribution >= 0.6 is 23.4 Å². The summed E-state index contributed by atoms with van der Waals surface area (Å²) < 4.78 is 1.91. The SMILES string of the molecule is Cn1c(SCC(=O)N2CCc3ccccc3C2)nnc1-c1ccc(Cl)cc1. The third kappa shape index (κ3) is 3.87. The van der Waals surface area contributed by atoms with Crippen molar-refractivity contribution >= 4 is 29.3 Å². The van der Waals surface area contributed by atoms with Crippen molar-refractivity contribution in [3.63, 3.8) is 0 Å². The third-order valence-corrected chi connectivity index (χ3v) is 6.00. The number of amides is 1. The number of nitrogens with zero attached hydrogens (tertiary/aromatic N) is 4. The number of rotatable bonds is 4. The molecule has 0 saturated carbocycles. The highest BCUT2D eigenvalue weighted by molar-refractivity contribution is 7.99. The summed E-state index contributed by atoms with van der Waals surface area (Å²) in [5, 5.41) is 9.91. The van der Waals surface area contributed by atoms with Gasteiger partial charge in [0.15, 0.2) is 11.0 Å². The van der Waals surface area contributed by atoms with Gasteiger partial charge in [0.05, 0.1) is 5.75 Å². The predicted molar refractivity (Wildman–Crippen MR) is 108 cm³/mol. The van der Waals surface area contributed by atoms with Crippen molar-refractivity contribution in [3.05, 3.63) is 64.7 Å². The first kappa shape index (κ1) is 18.1. The maximum absolute atomic E-state index is 12.6. The summed E-state index contributed by atoms with van der Waals surface area (Å²) in [6.45, 7) is 1.45. The number of benzene rings is 2. The van der Waals surface area contributed by atoms with Crippen molar-refractivity contribution in [1.29, 1.82) is 0 Å². The molecule has 2 heterocycles. The van der Waals surface area contributed by atoms with Crippen LogP contribution in [0.2, 0.25) is 5.02 Å². The molecule has 1 amide bonds. The molecule has 1 aliphatic heterocycles. The quantitative estimate of drug-likeness (QED) is 0.627. The smallest absolute Gasteiger partial charge is 0.233 e. The first-order chi connectivity index (χ1) is 13.1. The minimum Gasteiger partial charge on any atom is -0.337 e. The van der Waals surface area contributed by atoms with E-state index in [2.05, 4.69) is 28.4 Å². The molecule has 5 nitrogen and oxygen atoms in total. The lowest BCUT2D eigenvalue weighted by Gasteiger charge is -2.28. The van der Waals surface area contributed by atoms with E-state index in [0.717, 1.165) is 29.5 Å². The molecule has 2 aromatic carbocycles. The van der Waals surface area contributed by atoms with Crippen molar-refractivity contribution in [2.24, 2.45) is 7.05 Å². The van der Waals surface area contributed by atoms with Crippen LogP contribution in [0.5, 0.6) is 0 Å². The molecular formula is C20H19ClN4OS. The van der Waals surface area contributed by atoms with Crippen LogP contribution in [0.4, 0.5) is 0 Å². The van der Waals surface area contributed by atoms with Crippen molar-refractivity contribution in [3.8, 4) is 11.4 Å². The molecule has 0 fully saturated rings. The van der Waals surface area contributed by atoms with Gasteiger partial charge in [0, 0.05) is 30.7 Å². The zero-order valence-corrected chi connectivity index (χ0v) is 16.5. The number of hydrogen-bond donors (Lipinski definition) is 0. The molecule has 27 heavy (non-hydrogen) atoms. The maximum Gasteiger partial charge on any atom is 0.233 e. The first-order valence-corrected chi connectivity index (χ1v) is 10.1. The van der Waals surface area contributed by atoms with Crippen molar-refractivity contribution in [2.75, 3.05) is 12.3 Å². The fraction of sp³-hybridized carbons (Fsp3) is 0.250. The summed E-state index contributed by atoms with van der Waals surface area (Å²) >= 11 is 7.37. The largest absolute Gasteiger partial charge is 0.337 e. The molecule has 1 aliphatic rings. The first-order valence-electron chi connectivity index (χ1n) is 8.74. The second kappa shape index (κ2) is 7.74. The molecule has 0 atom stereocenters. The number of halogens is 1. The number of thioether (sulfide) groups is 1. The van der Waals surface area contributed by atoms with Gasteiger partial charge in [-0.05, 0) is 41.8 Å². The van der Waals surface area contributed by atoms with Gasteiger partial charge in [0.2, 0.25) is 5.91 Å². The highest BCUT2D eigenvalue weighted by Gasteiger charge is 2.21. The van der Waals surface area contributed by atoms with Gasteiger partial charge in [0.1, 0.15) is 0 Å².